The Morgan fingerprint density at radius 1 is 1.26 bits per heavy atom. The van der Waals surface area contributed by atoms with Crippen LogP contribution in [0.4, 0.5) is 0 Å². The predicted molar refractivity (Wildman–Crippen MR) is 75.3 cm³/mol. The SMILES string of the molecule is CCNC(c1ccc(C)nc1)c1ncccc1OC. The van der Waals surface area contributed by atoms with Crippen LogP contribution in [0, 0.1) is 6.92 Å². The lowest BCUT2D eigenvalue weighted by molar-refractivity contribution is 0.400. The maximum Gasteiger partial charge on any atom is 0.142 e. The number of nitrogens with one attached hydrogen (secondary N) is 1. The van der Waals surface area contributed by atoms with Crippen LogP contribution < -0.4 is 10.1 Å². The number of ether oxygens (including phenoxy) is 1. The molecule has 1 atom stereocenters. The van der Waals surface area contributed by atoms with Crippen molar-refractivity contribution >= 4 is 0 Å². The number of methoxy groups -OCH3 is 1. The number of aryl methyl sites for hydroxylation is 1. The highest BCUT2D eigenvalue weighted by molar-refractivity contribution is 5.36. The summed E-state index contributed by atoms with van der Waals surface area (Å²) in [5.74, 6) is 0.786. The van der Waals surface area contributed by atoms with Crippen LogP contribution in [-0.2, 0) is 0 Å². The highest BCUT2D eigenvalue weighted by Gasteiger charge is 2.18. The lowest BCUT2D eigenvalue weighted by atomic mass is 10.0. The molecule has 2 aromatic rings. The first-order valence-corrected chi connectivity index (χ1v) is 6.41. The molecule has 0 spiro atoms. The molecule has 19 heavy (non-hydrogen) atoms. The Morgan fingerprint density at radius 2 is 2.11 bits per heavy atom. The first kappa shape index (κ1) is 13.5. The molecule has 1 unspecified atom stereocenters. The van der Waals surface area contributed by atoms with Crippen molar-refractivity contribution in [2.75, 3.05) is 13.7 Å². The van der Waals surface area contributed by atoms with Gasteiger partial charge in [-0.05, 0) is 37.2 Å². The maximum atomic E-state index is 5.39. The molecule has 4 heteroatoms. The second-order valence-corrected chi connectivity index (χ2v) is 4.31. The van der Waals surface area contributed by atoms with E-state index in [2.05, 4.69) is 28.3 Å². The molecule has 0 saturated carbocycles. The minimum atomic E-state index is -0.00532. The largest absolute Gasteiger partial charge is 0.495 e. The summed E-state index contributed by atoms with van der Waals surface area (Å²) in [4.78, 5) is 8.81. The van der Waals surface area contributed by atoms with Crippen LogP contribution in [-0.4, -0.2) is 23.6 Å². The van der Waals surface area contributed by atoms with Crippen LogP contribution in [0.3, 0.4) is 0 Å². The van der Waals surface area contributed by atoms with Crippen molar-refractivity contribution in [3.05, 3.63) is 53.6 Å². The van der Waals surface area contributed by atoms with Crippen LogP contribution in [0.2, 0.25) is 0 Å². The molecule has 0 saturated heterocycles. The van der Waals surface area contributed by atoms with Gasteiger partial charge < -0.3 is 10.1 Å². The quantitative estimate of drug-likeness (QED) is 0.894. The molecule has 100 valence electrons. The van der Waals surface area contributed by atoms with Crippen molar-refractivity contribution in [2.45, 2.75) is 19.9 Å². The molecule has 0 aromatic carbocycles. The fraction of sp³-hybridized carbons (Fsp3) is 0.333. The van der Waals surface area contributed by atoms with Crippen LogP contribution in [0.15, 0.2) is 36.7 Å². The van der Waals surface area contributed by atoms with Crippen molar-refractivity contribution in [3.8, 4) is 5.75 Å². The van der Waals surface area contributed by atoms with Gasteiger partial charge in [0.15, 0.2) is 0 Å². The summed E-state index contributed by atoms with van der Waals surface area (Å²) in [6.07, 6.45) is 3.67. The highest BCUT2D eigenvalue weighted by Crippen LogP contribution is 2.27. The van der Waals surface area contributed by atoms with E-state index in [4.69, 9.17) is 4.74 Å². The summed E-state index contributed by atoms with van der Waals surface area (Å²) >= 11 is 0. The average Bonchev–Trinajstić information content (AvgIpc) is 2.46. The van der Waals surface area contributed by atoms with Gasteiger partial charge in [-0.25, -0.2) is 0 Å². The van der Waals surface area contributed by atoms with E-state index in [9.17, 15) is 0 Å². The van der Waals surface area contributed by atoms with Crippen molar-refractivity contribution in [1.82, 2.24) is 15.3 Å². The average molecular weight is 257 g/mol. The van der Waals surface area contributed by atoms with E-state index in [0.717, 1.165) is 29.2 Å². The van der Waals surface area contributed by atoms with Crippen LogP contribution in [0.5, 0.6) is 5.75 Å². The summed E-state index contributed by atoms with van der Waals surface area (Å²) in [6, 6.07) is 7.88. The third kappa shape index (κ3) is 3.09. The van der Waals surface area contributed by atoms with Gasteiger partial charge in [-0.2, -0.15) is 0 Å². The van der Waals surface area contributed by atoms with Crippen molar-refractivity contribution < 1.29 is 4.74 Å². The van der Waals surface area contributed by atoms with Gasteiger partial charge >= 0.3 is 0 Å². The zero-order valence-corrected chi connectivity index (χ0v) is 11.6. The molecule has 0 bridgehead atoms. The van der Waals surface area contributed by atoms with Crippen molar-refractivity contribution in [3.63, 3.8) is 0 Å². The summed E-state index contributed by atoms with van der Waals surface area (Å²) in [5, 5.41) is 3.43. The van der Waals surface area contributed by atoms with Crippen LogP contribution in [0.1, 0.15) is 29.9 Å². The highest BCUT2D eigenvalue weighted by atomic mass is 16.5. The molecule has 2 heterocycles. The Morgan fingerprint density at radius 3 is 2.74 bits per heavy atom. The second kappa shape index (κ2) is 6.29. The smallest absolute Gasteiger partial charge is 0.142 e. The van der Waals surface area contributed by atoms with Gasteiger partial charge in [-0.15, -0.1) is 0 Å². The normalized spacial score (nSPS) is 12.2. The number of aromatic nitrogens is 2. The lowest BCUT2D eigenvalue weighted by Crippen LogP contribution is -2.23. The molecule has 4 nitrogen and oxygen atoms in total. The van der Waals surface area contributed by atoms with E-state index in [1.807, 2.05) is 31.3 Å². The minimum Gasteiger partial charge on any atom is -0.495 e. The van der Waals surface area contributed by atoms with Gasteiger partial charge in [0, 0.05) is 18.1 Å². The van der Waals surface area contributed by atoms with Gasteiger partial charge in [-0.1, -0.05) is 13.0 Å². The molecule has 0 aliphatic rings. The molecule has 2 rings (SSSR count). The number of hydrogen-bond donors (Lipinski definition) is 1. The van der Waals surface area contributed by atoms with Crippen molar-refractivity contribution in [2.24, 2.45) is 0 Å². The fourth-order valence-electron chi connectivity index (χ4n) is 2.02. The Labute approximate surface area is 113 Å². The molecule has 0 amide bonds. The van der Waals surface area contributed by atoms with Gasteiger partial charge in [-0.3, -0.25) is 9.97 Å². The van der Waals surface area contributed by atoms with Gasteiger partial charge in [0.1, 0.15) is 11.4 Å². The number of hydrogen-bond acceptors (Lipinski definition) is 4. The standard InChI is InChI=1S/C15H19N3O/c1-4-16-14(12-8-7-11(2)18-10-12)15-13(19-3)6-5-9-17-15/h5-10,14,16H,4H2,1-3H3. The summed E-state index contributed by atoms with van der Waals surface area (Å²) in [7, 11) is 1.66. The van der Waals surface area contributed by atoms with Crippen LogP contribution in [0.25, 0.3) is 0 Å². The second-order valence-electron chi connectivity index (χ2n) is 4.31. The third-order valence-corrected chi connectivity index (χ3v) is 2.97. The predicted octanol–water partition coefficient (Wildman–Crippen LogP) is 2.49. The van der Waals surface area contributed by atoms with E-state index < -0.39 is 0 Å². The minimum absolute atomic E-state index is 0.00532. The number of pyridine rings is 2. The van der Waals surface area contributed by atoms with Gasteiger partial charge in [0.25, 0.3) is 0 Å². The van der Waals surface area contributed by atoms with E-state index >= 15 is 0 Å². The molecule has 0 fully saturated rings. The molecule has 0 radical (unpaired) electrons. The molecular formula is C15H19N3O. The fourth-order valence-corrected chi connectivity index (χ4v) is 2.02. The van der Waals surface area contributed by atoms with Gasteiger partial charge in [0.05, 0.1) is 13.2 Å². The zero-order chi connectivity index (χ0) is 13.7. The first-order valence-electron chi connectivity index (χ1n) is 6.41. The topological polar surface area (TPSA) is 47.0 Å². The Kier molecular flexibility index (Phi) is 4.47. The number of nitrogens with zero attached hydrogens (tertiary/aromatic N) is 2. The molecular weight excluding hydrogens is 238 g/mol. The van der Waals surface area contributed by atoms with Gasteiger partial charge in [0.2, 0.25) is 0 Å². The van der Waals surface area contributed by atoms with E-state index in [0.29, 0.717) is 0 Å². The Hall–Kier alpha value is -1.94. The molecule has 1 N–H and O–H groups in total. The van der Waals surface area contributed by atoms with E-state index in [1.54, 1.807) is 13.3 Å². The molecule has 2 aromatic heterocycles. The monoisotopic (exact) mass is 257 g/mol. The molecule has 0 aliphatic carbocycles. The van der Waals surface area contributed by atoms with E-state index in [1.165, 1.54) is 0 Å². The summed E-state index contributed by atoms with van der Waals surface area (Å²) in [5.41, 5.74) is 2.98. The van der Waals surface area contributed by atoms with Crippen molar-refractivity contribution in [1.29, 1.82) is 0 Å². The maximum absolute atomic E-state index is 5.39. The molecule has 0 aliphatic heterocycles. The Balaban J connectivity index is 2.42. The summed E-state index contributed by atoms with van der Waals surface area (Å²) in [6.45, 7) is 4.90. The number of rotatable bonds is 5. The lowest BCUT2D eigenvalue weighted by Gasteiger charge is -2.19. The summed E-state index contributed by atoms with van der Waals surface area (Å²) < 4.78 is 5.39. The zero-order valence-electron chi connectivity index (χ0n) is 11.6. The third-order valence-electron chi connectivity index (χ3n) is 2.97. The Bertz CT molecular complexity index is 525. The first-order chi connectivity index (χ1) is 9.26. The van der Waals surface area contributed by atoms with E-state index in [-0.39, 0.29) is 6.04 Å². The van der Waals surface area contributed by atoms with Crippen LogP contribution >= 0.6 is 0 Å².